The zero-order valence-corrected chi connectivity index (χ0v) is 17.9. The summed E-state index contributed by atoms with van der Waals surface area (Å²) >= 11 is 1.65. The van der Waals surface area contributed by atoms with Crippen LogP contribution in [0, 0.1) is 0 Å². The molecule has 0 radical (unpaired) electrons. The normalized spacial score (nSPS) is 15.0. The zero-order valence-electron chi connectivity index (χ0n) is 17.1. The van der Waals surface area contributed by atoms with Gasteiger partial charge in [0.15, 0.2) is 18.0 Å². The van der Waals surface area contributed by atoms with Gasteiger partial charge >= 0.3 is 11.7 Å². The number of ether oxygens (including phenoxy) is 1. The van der Waals surface area contributed by atoms with Crippen molar-refractivity contribution in [3.63, 3.8) is 0 Å². The van der Waals surface area contributed by atoms with Crippen molar-refractivity contribution in [3.8, 4) is 0 Å². The summed E-state index contributed by atoms with van der Waals surface area (Å²) in [5, 5.41) is 0.946. The van der Waals surface area contributed by atoms with Crippen LogP contribution in [0.3, 0.4) is 0 Å². The molecule has 3 heterocycles. The molecule has 160 valence electrons. The van der Waals surface area contributed by atoms with Gasteiger partial charge in [0.1, 0.15) is 16.7 Å². The van der Waals surface area contributed by atoms with E-state index in [1.54, 1.807) is 42.5 Å². The van der Waals surface area contributed by atoms with Crippen molar-refractivity contribution in [2.45, 2.75) is 51.7 Å². The molecule has 0 saturated heterocycles. The molecule has 9 heteroatoms. The van der Waals surface area contributed by atoms with Crippen molar-refractivity contribution in [2.75, 3.05) is 5.73 Å². The van der Waals surface area contributed by atoms with Crippen LogP contribution in [0.25, 0.3) is 21.3 Å². The second kappa shape index (κ2) is 7.81. The monoisotopic (exact) mass is 438 g/mol. The van der Waals surface area contributed by atoms with Gasteiger partial charge in [0.25, 0.3) is 0 Å². The fourth-order valence-electron chi connectivity index (χ4n) is 4.19. The van der Waals surface area contributed by atoms with E-state index in [4.69, 9.17) is 14.9 Å². The van der Waals surface area contributed by atoms with Crippen LogP contribution < -0.4 is 11.5 Å². The van der Waals surface area contributed by atoms with E-state index in [0.717, 1.165) is 29.5 Å². The minimum absolute atomic E-state index is 0.115. The molecule has 0 spiro atoms. The van der Waals surface area contributed by atoms with Crippen LogP contribution >= 0.6 is 11.3 Å². The molecule has 1 aliphatic carbocycles. The SMILES string of the molecule is CC(C(=O)OCc1nc(N)c2c3c(sc2n1)CCCCC3)n1c(=O)oc2ccccc21. The lowest BCUT2D eigenvalue weighted by atomic mass is 10.1. The average molecular weight is 439 g/mol. The Morgan fingerprint density at radius 3 is 2.94 bits per heavy atom. The summed E-state index contributed by atoms with van der Waals surface area (Å²) in [6.45, 7) is 1.48. The first kappa shape index (κ1) is 19.7. The maximum Gasteiger partial charge on any atom is 0.420 e. The lowest BCUT2D eigenvalue weighted by Crippen LogP contribution is -2.26. The van der Waals surface area contributed by atoms with Gasteiger partial charge in [-0.05, 0) is 50.3 Å². The third kappa shape index (κ3) is 3.48. The van der Waals surface area contributed by atoms with E-state index >= 15 is 0 Å². The van der Waals surface area contributed by atoms with Crippen molar-refractivity contribution >= 4 is 44.4 Å². The van der Waals surface area contributed by atoms with E-state index in [1.165, 1.54) is 27.8 Å². The van der Waals surface area contributed by atoms with E-state index in [0.29, 0.717) is 22.7 Å². The third-order valence-corrected chi connectivity index (χ3v) is 6.92. The highest BCUT2D eigenvalue weighted by atomic mass is 32.1. The highest BCUT2D eigenvalue weighted by Crippen LogP contribution is 2.37. The molecule has 1 aromatic carbocycles. The predicted molar refractivity (Wildman–Crippen MR) is 118 cm³/mol. The second-order valence-electron chi connectivity index (χ2n) is 7.76. The van der Waals surface area contributed by atoms with Crippen LogP contribution in [0.4, 0.5) is 5.82 Å². The first-order valence-corrected chi connectivity index (χ1v) is 11.2. The van der Waals surface area contributed by atoms with Gasteiger partial charge in [-0.3, -0.25) is 4.57 Å². The van der Waals surface area contributed by atoms with Crippen LogP contribution in [-0.4, -0.2) is 20.5 Å². The number of nitrogens with zero attached hydrogens (tertiary/aromatic N) is 3. The van der Waals surface area contributed by atoms with E-state index < -0.39 is 17.8 Å². The molecule has 5 rings (SSSR count). The lowest BCUT2D eigenvalue weighted by molar-refractivity contribution is -0.148. The molecular formula is C22H22N4O4S. The van der Waals surface area contributed by atoms with E-state index in [2.05, 4.69) is 9.97 Å². The minimum Gasteiger partial charge on any atom is -0.456 e. The number of para-hydroxylation sites is 2. The number of carbonyl (C=O) groups is 1. The van der Waals surface area contributed by atoms with Gasteiger partial charge in [0.05, 0.1) is 10.9 Å². The number of rotatable bonds is 4. The molecule has 3 aromatic heterocycles. The Hall–Kier alpha value is -3.20. The Labute approximate surface area is 181 Å². The van der Waals surface area contributed by atoms with E-state index in [1.807, 2.05) is 0 Å². The Bertz CT molecular complexity index is 1350. The molecule has 4 aromatic rings. The number of esters is 1. The highest BCUT2D eigenvalue weighted by molar-refractivity contribution is 7.19. The van der Waals surface area contributed by atoms with Gasteiger partial charge in [-0.2, -0.15) is 0 Å². The number of thiophene rings is 1. The number of anilines is 1. The van der Waals surface area contributed by atoms with Gasteiger partial charge in [-0.1, -0.05) is 18.6 Å². The molecular weight excluding hydrogens is 416 g/mol. The number of hydrogen-bond acceptors (Lipinski definition) is 8. The molecule has 31 heavy (non-hydrogen) atoms. The topological polar surface area (TPSA) is 113 Å². The van der Waals surface area contributed by atoms with Crippen LogP contribution in [0.5, 0.6) is 0 Å². The number of nitrogens with two attached hydrogens (primary N) is 1. The number of oxazole rings is 1. The summed E-state index contributed by atoms with van der Waals surface area (Å²) in [6.07, 6.45) is 5.60. The fourth-order valence-corrected chi connectivity index (χ4v) is 5.47. The molecule has 1 unspecified atom stereocenters. The largest absolute Gasteiger partial charge is 0.456 e. The van der Waals surface area contributed by atoms with Crippen molar-refractivity contribution in [1.82, 2.24) is 14.5 Å². The first-order valence-electron chi connectivity index (χ1n) is 10.4. The molecule has 0 aliphatic heterocycles. The summed E-state index contributed by atoms with van der Waals surface area (Å²) in [5.41, 5.74) is 8.50. The van der Waals surface area contributed by atoms with Gasteiger partial charge in [0.2, 0.25) is 0 Å². The molecule has 2 N–H and O–H groups in total. The zero-order chi connectivity index (χ0) is 21.5. The Morgan fingerprint density at radius 2 is 2.06 bits per heavy atom. The van der Waals surface area contributed by atoms with Crippen molar-refractivity contribution in [2.24, 2.45) is 0 Å². The van der Waals surface area contributed by atoms with Crippen molar-refractivity contribution in [1.29, 1.82) is 0 Å². The number of hydrogen-bond donors (Lipinski definition) is 1. The molecule has 1 aliphatic rings. The quantitative estimate of drug-likeness (QED) is 0.381. The summed E-state index contributed by atoms with van der Waals surface area (Å²) < 4.78 is 11.9. The van der Waals surface area contributed by atoms with Crippen molar-refractivity contribution < 1.29 is 13.9 Å². The maximum atomic E-state index is 12.6. The van der Waals surface area contributed by atoms with E-state index in [9.17, 15) is 9.59 Å². The summed E-state index contributed by atoms with van der Waals surface area (Å²) in [4.78, 5) is 36.0. The Balaban J connectivity index is 1.37. The van der Waals surface area contributed by atoms with Gasteiger partial charge in [-0.25, -0.2) is 19.6 Å². The summed E-state index contributed by atoms with van der Waals surface area (Å²) in [6, 6.07) is 6.10. The van der Waals surface area contributed by atoms with Crippen LogP contribution in [0.1, 0.15) is 48.5 Å². The van der Waals surface area contributed by atoms with Gasteiger partial charge < -0.3 is 14.9 Å². The standard InChI is InChI=1S/C22H22N4O4S/c1-12(26-14-8-5-6-9-15(14)30-22(26)28)21(27)29-11-17-24-19(23)18-13-7-3-2-4-10-16(13)31-20(18)25-17/h5-6,8-9,12H,2-4,7,10-11H2,1H3,(H2,23,24,25). The highest BCUT2D eigenvalue weighted by Gasteiger charge is 2.24. The number of carbonyl (C=O) groups excluding carboxylic acids is 1. The van der Waals surface area contributed by atoms with Crippen molar-refractivity contribution in [3.05, 3.63) is 51.1 Å². The fraction of sp³-hybridized carbons (Fsp3) is 0.364. The Kier molecular flexibility index (Phi) is 4.97. The average Bonchev–Trinajstić information content (AvgIpc) is 3.18. The molecule has 0 saturated carbocycles. The number of nitrogen functional groups attached to an aromatic ring is 1. The Morgan fingerprint density at radius 1 is 1.26 bits per heavy atom. The molecule has 0 amide bonds. The van der Waals surface area contributed by atoms with Crippen LogP contribution in [0.15, 0.2) is 33.5 Å². The number of aryl methyl sites for hydroxylation is 2. The van der Waals surface area contributed by atoms with Gasteiger partial charge in [-0.15, -0.1) is 11.3 Å². The van der Waals surface area contributed by atoms with E-state index in [-0.39, 0.29) is 6.61 Å². The summed E-state index contributed by atoms with van der Waals surface area (Å²) in [5.74, 6) is -0.391. The molecule has 8 nitrogen and oxygen atoms in total. The molecule has 1 atom stereocenters. The number of fused-ring (bicyclic) bond motifs is 4. The lowest BCUT2D eigenvalue weighted by Gasteiger charge is -2.12. The molecule has 0 fully saturated rings. The third-order valence-electron chi connectivity index (χ3n) is 5.73. The maximum absolute atomic E-state index is 12.6. The smallest absolute Gasteiger partial charge is 0.420 e. The first-order chi connectivity index (χ1) is 15.0. The minimum atomic E-state index is -0.852. The number of aromatic nitrogens is 3. The summed E-state index contributed by atoms with van der Waals surface area (Å²) in [7, 11) is 0. The molecule has 0 bridgehead atoms. The predicted octanol–water partition coefficient (Wildman–Crippen LogP) is 3.75. The number of benzene rings is 1. The second-order valence-corrected chi connectivity index (χ2v) is 8.84. The van der Waals surface area contributed by atoms with Crippen LogP contribution in [-0.2, 0) is 29.0 Å². The van der Waals surface area contributed by atoms with Gasteiger partial charge in [0, 0.05) is 4.88 Å². The van der Waals surface area contributed by atoms with Crippen LogP contribution in [0.2, 0.25) is 0 Å².